The summed E-state index contributed by atoms with van der Waals surface area (Å²) in [6.07, 6.45) is 10.7. The Hall–Kier alpha value is -2.96. The van der Waals surface area contributed by atoms with Gasteiger partial charge in [0, 0.05) is 37.4 Å². The van der Waals surface area contributed by atoms with Gasteiger partial charge in [-0.25, -0.2) is 9.97 Å². The number of nitrogens with one attached hydrogen (secondary N) is 2. The fraction of sp³-hybridized carbons (Fsp3) is 0.565. The Kier molecular flexibility index (Phi) is 6.06. The van der Waals surface area contributed by atoms with Crippen molar-refractivity contribution in [3.63, 3.8) is 0 Å². The number of morpholine rings is 1. The molecule has 3 aromatic heterocycles. The van der Waals surface area contributed by atoms with Gasteiger partial charge >= 0.3 is 0 Å². The zero-order valence-electron chi connectivity index (χ0n) is 18.5. The molecule has 5 rings (SSSR count). The average Bonchev–Trinajstić information content (AvgIpc) is 3.59. The van der Waals surface area contributed by atoms with E-state index in [0.29, 0.717) is 18.9 Å². The summed E-state index contributed by atoms with van der Waals surface area (Å²) in [7, 11) is 0. The van der Waals surface area contributed by atoms with Crippen LogP contribution in [-0.2, 0) is 4.74 Å². The summed E-state index contributed by atoms with van der Waals surface area (Å²) in [6.45, 7) is 5.15. The first-order valence-corrected chi connectivity index (χ1v) is 11.6. The largest absolute Gasteiger partial charge is 0.356 e. The SMILES string of the molecule is CCN(c1nn(C(CC#N)C2CCCC2)cc1-c1ncnc2[nH]ccc12)C1CNCCO1. The molecule has 0 bridgehead atoms. The Morgan fingerprint density at radius 2 is 2.22 bits per heavy atom. The summed E-state index contributed by atoms with van der Waals surface area (Å²) in [5.74, 6) is 1.33. The quantitative estimate of drug-likeness (QED) is 0.588. The fourth-order valence-electron chi connectivity index (χ4n) is 5.17. The number of aromatic nitrogens is 5. The van der Waals surface area contributed by atoms with Gasteiger partial charge in [-0.1, -0.05) is 12.8 Å². The lowest BCUT2D eigenvalue weighted by Gasteiger charge is -2.34. The van der Waals surface area contributed by atoms with E-state index in [9.17, 15) is 5.26 Å². The number of likely N-dealkylation sites (N-methyl/N-ethyl adjacent to an activating group) is 1. The van der Waals surface area contributed by atoms with E-state index in [0.717, 1.165) is 60.6 Å². The molecule has 1 saturated heterocycles. The molecule has 4 heterocycles. The smallest absolute Gasteiger partial charge is 0.162 e. The first-order valence-electron chi connectivity index (χ1n) is 11.6. The maximum absolute atomic E-state index is 9.57. The standard InChI is InChI=1S/C23H30N8O/c1-2-30(20-13-25-11-12-32-20)23-18(21-17-8-10-26-22(17)28-15-27-21)14-31(29-23)19(7-9-24)16-5-3-4-6-16/h8,10,14-16,19-20,25H,2-7,11-13H2,1H3,(H,26,27,28). The highest BCUT2D eigenvalue weighted by molar-refractivity contribution is 5.93. The molecule has 168 valence electrons. The Morgan fingerprint density at radius 1 is 1.34 bits per heavy atom. The van der Waals surface area contributed by atoms with Crippen molar-refractivity contribution in [2.45, 2.75) is 51.3 Å². The van der Waals surface area contributed by atoms with Crippen molar-refractivity contribution in [1.29, 1.82) is 5.26 Å². The second-order valence-corrected chi connectivity index (χ2v) is 8.60. The molecule has 0 amide bonds. The summed E-state index contributed by atoms with van der Waals surface area (Å²) in [6, 6.07) is 4.48. The van der Waals surface area contributed by atoms with E-state index in [4.69, 9.17) is 9.84 Å². The van der Waals surface area contributed by atoms with Crippen LogP contribution in [0.2, 0.25) is 0 Å². The molecule has 0 radical (unpaired) electrons. The lowest BCUT2D eigenvalue weighted by Crippen LogP contribution is -2.49. The zero-order chi connectivity index (χ0) is 21.9. The number of fused-ring (bicyclic) bond motifs is 1. The molecule has 0 spiro atoms. The molecular weight excluding hydrogens is 404 g/mol. The molecule has 3 aromatic rings. The summed E-state index contributed by atoms with van der Waals surface area (Å²) >= 11 is 0. The van der Waals surface area contributed by atoms with Gasteiger partial charge < -0.3 is 19.9 Å². The number of nitriles is 1. The molecule has 2 unspecified atom stereocenters. The molecule has 2 N–H and O–H groups in total. The second kappa shape index (κ2) is 9.27. The van der Waals surface area contributed by atoms with Crippen LogP contribution >= 0.6 is 0 Å². The molecule has 1 aliphatic carbocycles. The lowest BCUT2D eigenvalue weighted by molar-refractivity contribution is 0.0267. The highest BCUT2D eigenvalue weighted by Crippen LogP contribution is 2.39. The first kappa shape index (κ1) is 20.9. The van der Waals surface area contributed by atoms with E-state index in [-0.39, 0.29) is 12.3 Å². The molecule has 1 aliphatic heterocycles. The van der Waals surface area contributed by atoms with Gasteiger partial charge in [-0.05, 0) is 31.7 Å². The van der Waals surface area contributed by atoms with E-state index in [1.807, 2.05) is 16.9 Å². The Balaban J connectivity index is 1.63. The van der Waals surface area contributed by atoms with Crippen molar-refractivity contribution in [3.8, 4) is 17.3 Å². The van der Waals surface area contributed by atoms with Crippen LogP contribution in [0.15, 0.2) is 24.8 Å². The van der Waals surface area contributed by atoms with Gasteiger partial charge in [0.25, 0.3) is 0 Å². The van der Waals surface area contributed by atoms with Crippen molar-refractivity contribution in [1.82, 2.24) is 30.0 Å². The van der Waals surface area contributed by atoms with Crippen molar-refractivity contribution >= 4 is 16.9 Å². The number of nitrogens with zero attached hydrogens (tertiary/aromatic N) is 6. The van der Waals surface area contributed by atoms with E-state index in [1.165, 1.54) is 12.8 Å². The van der Waals surface area contributed by atoms with E-state index in [1.54, 1.807) is 6.33 Å². The lowest BCUT2D eigenvalue weighted by atomic mass is 9.96. The van der Waals surface area contributed by atoms with Gasteiger partial charge in [0.05, 0.1) is 36.4 Å². The van der Waals surface area contributed by atoms with Gasteiger partial charge in [-0.15, -0.1) is 0 Å². The molecule has 2 atom stereocenters. The van der Waals surface area contributed by atoms with Gasteiger partial charge in [-0.3, -0.25) is 4.68 Å². The van der Waals surface area contributed by atoms with E-state index in [2.05, 4.69) is 44.4 Å². The Labute approximate surface area is 187 Å². The molecule has 0 aromatic carbocycles. The molecular formula is C23H30N8O. The van der Waals surface area contributed by atoms with Crippen LogP contribution < -0.4 is 10.2 Å². The van der Waals surface area contributed by atoms with Crippen LogP contribution in [0.25, 0.3) is 22.3 Å². The van der Waals surface area contributed by atoms with E-state index < -0.39 is 0 Å². The van der Waals surface area contributed by atoms with Crippen molar-refractivity contribution in [3.05, 3.63) is 24.8 Å². The molecule has 1 saturated carbocycles. The topological polar surface area (TPSA) is 108 Å². The number of H-pyrrole nitrogens is 1. The maximum atomic E-state index is 9.57. The average molecular weight is 435 g/mol. The normalized spacial score (nSPS) is 20.4. The Bertz CT molecular complexity index is 1090. The van der Waals surface area contributed by atoms with Crippen molar-refractivity contribution in [2.24, 2.45) is 5.92 Å². The maximum Gasteiger partial charge on any atom is 0.162 e. The number of rotatable bonds is 7. The highest BCUT2D eigenvalue weighted by atomic mass is 16.5. The fourth-order valence-corrected chi connectivity index (χ4v) is 5.17. The van der Waals surface area contributed by atoms with Gasteiger partial charge in [0.15, 0.2) is 5.82 Å². The van der Waals surface area contributed by atoms with Crippen LogP contribution in [0.5, 0.6) is 0 Å². The highest BCUT2D eigenvalue weighted by Gasteiger charge is 2.31. The predicted molar refractivity (Wildman–Crippen MR) is 122 cm³/mol. The monoisotopic (exact) mass is 434 g/mol. The van der Waals surface area contributed by atoms with E-state index >= 15 is 0 Å². The van der Waals surface area contributed by atoms with Gasteiger partial charge in [-0.2, -0.15) is 10.4 Å². The Morgan fingerprint density at radius 3 is 2.97 bits per heavy atom. The molecule has 2 fully saturated rings. The second-order valence-electron chi connectivity index (χ2n) is 8.60. The number of hydrogen-bond donors (Lipinski definition) is 2. The van der Waals surface area contributed by atoms with Crippen LogP contribution in [0.3, 0.4) is 0 Å². The van der Waals surface area contributed by atoms with Crippen LogP contribution in [0.4, 0.5) is 5.82 Å². The summed E-state index contributed by atoms with van der Waals surface area (Å²) in [4.78, 5) is 14.4. The van der Waals surface area contributed by atoms with Crippen molar-refractivity contribution < 1.29 is 4.74 Å². The minimum absolute atomic E-state index is 0.0719. The summed E-state index contributed by atoms with van der Waals surface area (Å²) in [5, 5.41) is 19.1. The molecule has 2 aliphatic rings. The number of hydrogen-bond acceptors (Lipinski definition) is 7. The summed E-state index contributed by atoms with van der Waals surface area (Å²) < 4.78 is 8.12. The summed E-state index contributed by atoms with van der Waals surface area (Å²) in [5.41, 5.74) is 2.60. The molecule has 32 heavy (non-hydrogen) atoms. The zero-order valence-corrected chi connectivity index (χ0v) is 18.5. The molecule has 9 nitrogen and oxygen atoms in total. The minimum atomic E-state index is -0.0969. The predicted octanol–water partition coefficient (Wildman–Crippen LogP) is 3.24. The van der Waals surface area contributed by atoms with Crippen LogP contribution in [-0.4, -0.2) is 57.2 Å². The minimum Gasteiger partial charge on any atom is -0.356 e. The third-order valence-electron chi connectivity index (χ3n) is 6.77. The third kappa shape index (κ3) is 3.85. The van der Waals surface area contributed by atoms with Crippen molar-refractivity contribution in [2.75, 3.05) is 31.1 Å². The van der Waals surface area contributed by atoms with Gasteiger partial charge in [0.1, 0.15) is 18.2 Å². The third-order valence-corrected chi connectivity index (χ3v) is 6.77. The number of ether oxygens (including phenoxy) is 1. The van der Waals surface area contributed by atoms with Crippen LogP contribution in [0.1, 0.15) is 45.1 Å². The number of aromatic amines is 1. The van der Waals surface area contributed by atoms with Gasteiger partial charge in [0.2, 0.25) is 0 Å². The van der Waals surface area contributed by atoms with Crippen LogP contribution in [0, 0.1) is 17.2 Å². The number of anilines is 1. The molecule has 9 heteroatoms. The first-order chi connectivity index (χ1) is 15.8.